The molecule has 0 aromatic rings. The summed E-state index contributed by atoms with van der Waals surface area (Å²) >= 11 is 0. The number of aliphatic hydroxyl groups is 2. The number of phosphoric acid groups is 2. The van der Waals surface area contributed by atoms with E-state index in [0.29, 0.717) is 12.0 Å². The molecule has 0 aromatic heterocycles. The van der Waals surface area contributed by atoms with E-state index >= 15 is 4.39 Å². The summed E-state index contributed by atoms with van der Waals surface area (Å²) in [6.45, 7) is 3.45. The van der Waals surface area contributed by atoms with E-state index in [1.807, 2.05) is 0 Å². The van der Waals surface area contributed by atoms with Crippen LogP contribution in [-0.2, 0) is 27.6 Å². The van der Waals surface area contributed by atoms with Crippen molar-refractivity contribution in [1.29, 1.82) is 0 Å². The molecule has 0 spiro atoms. The van der Waals surface area contributed by atoms with Gasteiger partial charge in [0.1, 0.15) is 12.2 Å². The van der Waals surface area contributed by atoms with E-state index in [9.17, 15) is 33.8 Å². The van der Waals surface area contributed by atoms with E-state index in [2.05, 4.69) is 4.31 Å². The number of fused-ring (bicyclic) bond motifs is 5. The molecule has 16 heteroatoms. The molecule has 0 aliphatic heterocycles. The van der Waals surface area contributed by atoms with Gasteiger partial charge in [0.05, 0.1) is 6.10 Å². The van der Waals surface area contributed by atoms with Crippen LogP contribution < -0.4 is 59.1 Å². The van der Waals surface area contributed by atoms with Crippen molar-refractivity contribution in [3.05, 3.63) is 23.8 Å². The second-order valence-electron chi connectivity index (χ2n) is 10.9. The Morgan fingerprint density at radius 2 is 1.82 bits per heavy atom. The summed E-state index contributed by atoms with van der Waals surface area (Å²) in [5, 5.41) is 21.2. The maximum atomic E-state index is 17.2. The molecule has 3 fully saturated rings. The number of halogens is 1. The fraction of sp³-hybridized carbons (Fsp3) is 0.727. The third-order valence-corrected chi connectivity index (χ3v) is 11.4. The molecule has 0 radical (unpaired) electrons. The third kappa shape index (κ3) is 5.07. The van der Waals surface area contributed by atoms with Crippen molar-refractivity contribution in [2.75, 3.05) is 6.61 Å². The van der Waals surface area contributed by atoms with Crippen molar-refractivity contribution < 1.29 is 119 Å². The molecule has 4 rings (SSSR count). The number of aliphatic hydroxyl groups excluding tert-OH is 2. The van der Waals surface area contributed by atoms with Gasteiger partial charge in [0.2, 0.25) is 0 Å². The number of allylic oxidation sites excluding steroid dienone is 4. The Morgan fingerprint density at radius 3 is 2.37 bits per heavy atom. The second-order valence-corrected chi connectivity index (χ2v) is 13.6. The molecule has 38 heavy (non-hydrogen) atoms. The van der Waals surface area contributed by atoms with Gasteiger partial charge in [-0.25, -0.2) is 13.5 Å². The molecule has 0 aromatic carbocycles. The zero-order chi connectivity index (χ0) is 27.1. The predicted molar refractivity (Wildman–Crippen MR) is 124 cm³/mol. The molecule has 1 unspecified atom stereocenters. The molecule has 0 heterocycles. The van der Waals surface area contributed by atoms with Crippen LogP contribution in [0.3, 0.4) is 0 Å². The van der Waals surface area contributed by atoms with Gasteiger partial charge in [0, 0.05) is 16.7 Å². The molecule has 11 nitrogen and oxygen atoms in total. The SMILES string of the molecule is C[C@H]1C[C@H]2[C@@H]3CCC4=CC(=O)C=C[C@]4(C)[C@@]3(F)[C@@H](O)C[C@]2(C)[C@@]1(OP(=O)(O)OP(=O)(O)O)C(=O)CO.[H-].[H-].[Na+].[Na+]. The van der Waals surface area contributed by atoms with Gasteiger partial charge in [-0.3, -0.25) is 14.1 Å². The fourth-order valence-electron chi connectivity index (χ4n) is 7.82. The van der Waals surface area contributed by atoms with Crippen LogP contribution in [0.5, 0.6) is 0 Å². The van der Waals surface area contributed by atoms with E-state index in [1.54, 1.807) is 6.92 Å². The molecule has 4 aliphatic rings. The van der Waals surface area contributed by atoms with E-state index in [0.717, 1.165) is 0 Å². The molecule has 3 saturated carbocycles. The van der Waals surface area contributed by atoms with Crippen molar-refractivity contribution in [2.24, 2.45) is 28.6 Å². The van der Waals surface area contributed by atoms with Gasteiger partial charge in [0.15, 0.2) is 17.2 Å². The molecule has 9 atom stereocenters. The Balaban J connectivity index is 0.00000380. The Hall–Kier alpha value is 0.930. The number of ketones is 2. The number of carbonyl (C=O) groups is 2. The van der Waals surface area contributed by atoms with Crippen LogP contribution in [0.1, 0.15) is 49.3 Å². The summed E-state index contributed by atoms with van der Waals surface area (Å²) in [6, 6.07) is 0. The van der Waals surface area contributed by atoms with Crippen LogP contribution in [0.25, 0.3) is 0 Å². The van der Waals surface area contributed by atoms with E-state index in [4.69, 9.17) is 14.3 Å². The maximum Gasteiger partial charge on any atom is 1.00 e. The van der Waals surface area contributed by atoms with Crippen LogP contribution >= 0.6 is 15.6 Å². The first-order valence-electron chi connectivity index (χ1n) is 11.6. The number of carbonyl (C=O) groups excluding carboxylic acids is 2. The van der Waals surface area contributed by atoms with Crippen LogP contribution in [0.4, 0.5) is 4.39 Å². The Kier molecular flexibility index (Phi) is 10.4. The number of alkyl halides is 1. The summed E-state index contributed by atoms with van der Waals surface area (Å²) in [5.74, 6) is -3.81. The standard InChI is InChI=1S/C22H31FO11P2.2Na.2H/c1-12-8-16-15-5-4-13-9-14(25)6-7-19(13,2)21(15,23)17(26)10-20(16,3)22(12,18(27)11-24)33-36(31,32)34-35(28,29)30;;;;/h6-7,9,12,15-17,24,26H,4-5,8,10-11H2,1-3H3,(H,31,32)(H2,28,29,30);;;;/q;2*+1;2*-1/t12-,15-,16-,17-,19-,20-,21-,22-;;;;/m0..../s1. The van der Waals surface area contributed by atoms with Crippen molar-refractivity contribution in [1.82, 2.24) is 0 Å². The number of hydrogen-bond acceptors (Lipinski definition) is 8. The first kappa shape index (κ1) is 35.1. The van der Waals surface area contributed by atoms with Crippen LogP contribution in [0, 0.1) is 28.6 Å². The van der Waals surface area contributed by atoms with E-state index in [1.165, 1.54) is 32.1 Å². The minimum Gasteiger partial charge on any atom is -1.00 e. The quantitative estimate of drug-likeness (QED) is 0.150. The summed E-state index contributed by atoms with van der Waals surface area (Å²) in [4.78, 5) is 53.6. The van der Waals surface area contributed by atoms with Crippen molar-refractivity contribution in [3.63, 3.8) is 0 Å². The van der Waals surface area contributed by atoms with Gasteiger partial charge in [-0.1, -0.05) is 25.5 Å². The Bertz CT molecular complexity index is 1170. The Labute approximate surface area is 267 Å². The van der Waals surface area contributed by atoms with E-state index < -0.39 is 80.4 Å². The number of rotatable bonds is 6. The van der Waals surface area contributed by atoms with Crippen LogP contribution in [-0.4, -0.2) is 60.4 Å². The zero-order valence-electron chi connectivity index (χ0n) is 24.0. The average Bonchev–Trinajstić information content (AvgIpc) is 2.94. The molecule has 0 bridgehead atoms. The van der Waals surface area contributed by atoms with Crippen LogP contribution in [0.15, 0.2) is 23.8 Å². The van der Waals surface area contributed by atoms with Crippen molar-refractivity contribution >= 4 is 27.2 Å². The number of phosphoric ester groups is 1. The molecule has 206 valence electrons. The predicted octanol–water partition coefficient (Wildman–Crippen LogP) is -3.64. The van der Waals surface area contributed by atoms with Crippen LogP contribution in [0.2, 0.25) is 0 Å². The molecule has 0 saturated heterocycles. The molecule has 5 N–H and O–H groups in total. The summed E-state index contributed by atoms with van der Waals surface area (Å²) in [7, 11) is -11.1. The maximum absolute atomic E-state index is 17.2. The third-order valence-electron chi connectivity index (χ3n) is 9.21. The summed E-state index contributed by atoms with van der Waals surface area (Å²) < 4.78 is 50.4. The van der Waals surface area contributed by atoms with Gasteiger partial charge >= 0.3 is 74.8 Å². The molecule has 0 amide bonds. The first-order chi connectivity index (χ1) is 16.4. The monoisotopic (exact) mass is 600 g/mol. The normalized spacial score (nSPS) is 43.4. The zero-order valence-corrected chi connectivity index (χ0v) is 27.8. The smallest absolute Gasteiger partial charge is 1.00 e. The van der Waals surface area contributed by atoms with Crippen molar-refractivity contribution in [2.45, 2.75) is 63.8 Å². The number of hydrogen-bond donors (Lipinski definition) is 5. The van der Waals surface area contributed by atoms with Gasteiger partial charge in [0.25, 0.3) is 0 Å². The van der Waals surface area contributed by atoms with Gasteiger partial charge in [-0.05, 0) is 56.6 Å². The summed E-state index contributed by atoms with van der Waals surface area (Å²) in [6.07, 6.45) is 2.60. The molecule has 4 aliphatic carbocycles. The largest absolute Gasteiger partial charge is 1.00 e. The topological polar surface area (TPSA) is 188 Å². The molecular formula is C22H33FNa2O11P2. The fourth-order valence-corrected chi connectivity index (χ4v) is 9.88. The summed E-state index contributed by atoms with van der Waals surface area (Å²) in [5.41, 5.74) is -6.84. The van der Waals surface area contributed by atoms with Gasteiger partial charge in [-0.2, -0.15) is 4.31 Å². The first-order valence-corrected chi connectivity index (χ1v) is 14.7. The number of Topliss-reactive ketones (excluding diaryl/α,β-unsaturated/α-hetero) is 1. The minimum atomic E-state index is -5.58. The second kappa shape index (κ2) is 11.2. The average molecular weight is 600 g/mol. The van der Waals surface area contributed by atoms with Gasteiger partial charge in [-0.15, -0.1) is 0 Å². The Morgan fingerprint density at radius 1 is 1.21 bits per heavy atom. The minimum absolute atomic E-state index is 0. The van der Waals surface area contributed by atoms with Crippen molar-refractivity contribution in [3.8, 4) is 0 Å². The molecular weight excluding hydrogens is 567 g/mol. The van der Waals surface area contributed by atoms with Gasteiger partial charge < -0.3 is 27.7 Å². The van der Waals surface area contributed by atoms with E-state index in [-0.39, 0.29) is 80.6 Å².